The summed E-state index contributed by atoms with van der Waals surface area (Å²) < 4.78 is 33.7. The van der Waals surface area contributed by atoms with Gasteiger partial charge < -0.3 is 14.5 Å². The van der Waals surface area contributed by atoms with Gasteiger partial charge in [0.25, 0.3) is 5.91 Å². The molecule has 0 saturated carbocycles. The van der Waals surface area contributed by atoms with Crippen molar-refractivity contribution in [1.82, 2.24) is 24.7 Å². The van der Waals surface area contributed by atoms with Crippen LogP contribution in [0.4, 0.5) is 5.95 Å². The first-order valence-electron chi connectivity index (χ1n) is 12.3. The highest BCUT2D eigenvalue weighted by atomic mass is 32.2. The maximum Gasteiger partial charge on any atom is 0.277 e. The summed E-state index contributed by atoms with van der Waals surface area (Å²) in [6.07, 6.45) is 3.57. The molecular weight excluding hydrogens is 508 g/mol. The van der Waals surface area contributed by atoms with Gasteiger partial charge in [0, 0.05) is 45.1 Å². The fraction of sp³-hybridized carbons (Fsp3) is 0.346. The van der Waals surface area contributed by atoms with Gasteiger partial charge in [-0.3, -0.25) is 10.0 Å². The zero-order valence-corrected chi connectivity index (χ0v) is 22.3. The van der Waals surface area contributed by atoms with Crippen molar-refractivity contribution in [2.45, 2.75) is 11.3 Å². The Morgan fingerprint density at radius 2 is 1.55 bits per heavy atom. The molecule has 1 aliphatic rings. The molecule has 2 N–H and O–H groups in total. The molecule has 0 unspecified atom stereocenters. The van der Waals surface area contributed by atoms with E-state index in [-0.39, 0.29) is 23.5 Å². The highest BCUT2D eigenvalue weighted by Crippen LogP contribution is 2.26. The summed E-state index contributed by atoms with van der Waals surface area (Å²) >= 11 is 0. The number of carbonyl (C=O) groups excluding carboxylic acids is 1. The summed E-state index contributed by atoms with van der Waals surface area (Å²) in [6.45, 7) is 3.00. The van der Waals surface area contributed by atoms with Gasteiger partial charge >= 0.3 is 0 Å². The molecular formula is C26H32N6O5S. The van der Waals surface area contributed by atoms with Crippen LogP contribution in [0.2, 0.25) is 0 Å². The third-order valence-corrected chi connectivity index (χ3v) is 8.13. The van der Waals surface area contributed by atoms with Crippen LogP contribution in [-0.2, 0) is 10.0 Å². The molecule has 0 atom stereocenters. The van der Waals surface area contributed by atoms with Crippen LogP contribution in [-0.4, -0.2) is 92.1 Å². The molecule has 11 nitrogen and oxygen atoms in total. The first kappa shape index (κ1) is 27.5. The number of rotatable bonds is 10. The number of nitrogens with zero attached hydrogens (tertiary/aromatic N) is 5. The number of amides is 1. The molecule has 2 heterocycles. The molecule has 12 heteroatoms. The predicted molar refractivity (Wildman–Crippen MR) is 143 cm³/mol. The molecule has 1 saturated heterocycles. The van der Waals surface area contributed by atoms with Gasteiger partial charge in [-0.05, 0) is 55.9 Å². The second kappa shape index (κ2) is 12.3. The van der Waals surface area contributed by atoms with Crippen LogP contribution in [0.15, 0.2) is 65.8 Å². The fourth-order valence-corrected chi connectivity index (χ4v) is 5.50. The van der Waals surface area contributed by atoms with E-state index in [9.17, 15) is 13.2 Å². The molecule has 0 radical (unpaired) electrons. The fourth-order valence-electron chi connectivity index (χ4n) is 4.08. The van der Waals surface area contributed by atoms with E-state index in [1.165, 1.54) is 22.2 Å². The first-order chi connectivity index (χ1) is 18.3. The minimum atomic E-state index is -3.65. The molecule has 0 bridgehead atoms. The van der Waals surface area contributed by atoms with Crippen molar-refractivity contribution in [3.8, 4) is 16.9 Å². The van der Waals surface area contributed by atoms with Gasteiger partial charge in [0.05, 0.1) is 17.1 Å². The van der Waals surface area contributed by atoms with E-state index < -0.39 is 15.9 Å². The van der Waals surface area contributed by atoms with Gasteiger partial charge in [-0.1, -0.05) is 24.3 Å². The molecule has 1 aliphatic heterocycles. The van der Waals surface area contributed by atoms with Crippen molar-refractivity contribution in [3.63, 3.8) is 0 Å². The van der Waals surface area contributed by atoms with E-state index in [1.54, 1.807) is 12.1 Å². The Balaban J connectivity index is 1.34. The van der Waals surface area contributed by atoms with Gasteiger partial charge in [-0.25, -0.2) is 23.9 Å². The molecule has 4 rings (SSSR count). The highest BCUT2D eigenvalue weighted by Gasteiger charge is 2.29. The minimum Gasteiger partial charge on any atom is -0.494 e. The first-order valence-corrected chi connectivity index (χ1v) is 13.7. The lowest BCUT2D eigenvalue weighted by Gasteiger charge is -2.34. The third-order valence-electron chi connectivity index (χ3n) is 6.22. The zero-order valence-electron chi connectivity index (χ0n) is 21.4. The number of hydrogen-bond acceptors (Lipinski definition) is 9. The highest BCUT2D eigenvalue weighted by molar-refractivity contribution is 7.89. The lowest BCUT2D eigenvalue weighted by molar-refractivity contribution is 0.0705. The smallest absolute Gasteiger partial charge is 0.277 e. The lowest BCUT2D eigenvalue weighted by atomic mass is 10.1. The standard InChI is InChI=1S/C26H32N6O5S/c1-30(2)12-3-17-37-23-8-4-20(5-9-23)21-6-10-24(11-7-21)38(35,36)32-15-13-31(14-16-32)26-27-18-22(19-28-26)25(33)29-34/h4-11,18-19,34H,3,12-17H2,1-2H3,(H,29,33). The van der Waals surface area contributed by atoms with E-state index >= 15 is 0 Å². The molecule has 1 amide bonds. The lowest BCUT2D eigenvalue weighted by Crippen LogP contribution is -2.49. The van der Waals surface area contributed by atoms with Crippen LogP contribution < -0.4 is 15.1 Å². The van der Waals surface area contributed by atoms with E-state index in [0.29, 0.717) is 25.6 Å². The predicted octanol–water partition coefficient (Wildman–Crippen LogP) is 2.10. The molecule has 0 spiro atoms. The summed E-state index contributed by atoms with van der Waals surface area (Å²) in [5.74, 6) is 0.504. The van der Waals surface area contributed by atoms with Crippen LogP contribution in [0, 0.1) is 0 Å². The molecule has 202 valence electrons. The normalized spacial score (nSPS) is 14.5. The summed E-state index contributed by atoms with van der Waals surface area (Å²) in [7, 11) is 0.418. The van der Waals surface area contributed by atoms with Crippen LogP contribution in [0.1, 0.15) is 16.8 Å². The summed E-state index contributed by atoms with van der Waals surface area (Å²) in [5.41, 5.74) is 3.56. The van der Waals surface area contributed by atoms with Gasteiger partial charge in [0.15, 0.2) is 0 Å². The van der Waals surface area contributed by atoms with Crippen LogP contribution >= 0.6 is 0 Å². The number of anilines is 1. The number of hydrogen-bond donors (Lipinski definition) is 2. The Morgan fingerprint density at radius 1 is 0.974 bits per heavy atom. The molecule has 0 aliphatic carbocycles. The number of benzene rings is 2. The topological polar surface area (TPSA) is 128 Å². The van der Waals surface area contributed by atoms with Crippen molar-refractivity contribution >= 4 is 21.9 Å². The third kappa shape index (κ3) is 6.64. The quantitative estimate of drug-likeness (QED) is 0.226. The Bertz CT molecular complexity index is 1310. The number of carbonyl (C=O) groups is 1. The molecule has 1 fully saturated rings. The second-order valence-corrected chi connectivity index (χ2v) is 11.1. The Hall–Kier alpha value is -3.58. The van der Waals surface area contributed by atoms with E-state index in [2.05, 4.69) is 14.9 Å². The van der Waals surface area contributed by atoms with Crippen molar-refractivity contribution in [1.29, 1.82) is 0 Å². The number of ether oxygens (including phenoxy) is 1. The Labute approximate surface area is 222 Å². The molecule has 2 aromatic carbocycles. The summed E-state index contributed by atoms with van der Waals surface area (Å²) in [5, 5.41) is 8.70. The van der Waals surface area contributed by atoms with Crippen LogP contribution in [0.3, 0.4) is 0 Å². The van der Waals surface area contributed by atoms with Gasteiger partial charge in [0.2, 0.25) is 16.0 Å². The van der Waals surface area contributed by atoms with Gasteiger partial charge in [-0.15, -0.1) is 0 Å². The average molecular weight is 541 g/mol. The van der Waals surface area contributed by atoms with Crippen molar-refractivity contribution in [3.05, 3.63) is 66.5 Å². The maximum absolute atomic E-state index is 13.2. The Morgan fingerprint density at radius 3 is 2.11 bits per heavy atom. The largest absolute Gasteiger partial charge is 0.494 e. The number of nitrogens with one attached hydrogen (secondary N) is 1. The van der Waals surface area contributed by atoms with Gasteiger partial charge in [-0.2, -0.15) is 4.31 Å². The van der Waals surface area contributed by atoms with Crippen molar-refractivity contribution < 1.29 is 23.2 Å². The number of sulfonamides is 1. The van der Waals surface area contributed by atoms with Crippen LogP contribution in [0.5, 0.6) is 5.75 Å². The molecule has 38 heavy (non-hydrogen) atoms. The molecule has 1 aromatic heterocycles. The number of hydroxylamine groups is 1. The maximum atomic E-state index is 13.2. The molecule has 3 aromatic rings. The SMILES string of the molecule is CN(C)CCCOc1ccc(-c2ccc(S(=O)(=O)N3CCN(c4ncc(C(=O)NO)cn4)CC3)cc2)cc1. The number of piperazine rings is 1. The van der Waals surface area contributed by atoms with E-state index in [0.717, 1.165) is 29.8 Å². The summed E-state index contributed by atoms with van der Waals surface area (Å²) in [6, 6.07) is 14.7. The zero-order chi connectivity index (χ0) is 27.1. The van der Waals surface area contributed by atoms with Crippen LogP contribution in [0.25, 0.3) is 11.1 Å². The van der Waals surface area contributed by atoms with E-state index in [4.69, 9.17) is 9.94 Å². The average Bonchev–Trinajstić information content (AvgIpc) is 2.95. The summed E-state index contributed by atoms with van der Waals surface area (Å²) in [4.78, 5) is 23.9. The van der Waals surface area contributed by atoms with Gasteiger partial charge in [0.1, 0.15) is 5.75 Å². The monoisotopic (exact) mass is 540 g/mol. The second-order valence-electron chi connectivity index (χ2n) is 9.16. The van der Waals surface area contributed by atoms with Crippen molar-refractivity contribution in [2.24, 2.45) is 0 Å². The Kier molecular flexibility index (Phi) is 8.89. The van der Waals surface area contributed by atoms with E-state index in [1.807, 2.05) is 55.4 Å². The van der Waals surface area contributed by atoms with Crippen molar-refractivity contribution in [2.75, 3.05) is 58.3 Å². The minimum absolute atomic E-state index is 0.126. The number of aromatic nitrogens is 2.